The van der Waals surface area contributed by atoms with Crippen LogP contribution in [0.5, 0.6) is 0 Å². The van der Waals surface area contributed by atoms with E-state index in [2.05, 4.69) is 5.32 Å². The second kappa shape index (κ2) is 7.28. The topological polar surface area (TPSA) is 113 Å². The van der Waals surface area contributed by atoms with Crippen molar-refractivity contribution in [3.8, 4) is 0 Å². The third-order valence-electron chi connectivity index (χ3n) is 3.04. The van der Waals surface area contributed by atoms with Crippen LogP contribution in [0.1, 0.15) is 18.9 Å². The highest BCUT2D eigenvalue weighted by atomic mass is 16.4. The largest absolute Gasteiger partial charge is 0.480 e. The van der Waals surface area contributed by atoms with E-state index in [9.17, 15) is 14.4 Å². The van der Waals surface area contributed by atoms with Gasteiger partial charge in [0.1, 0.15) is 6.04 Å². The van der Waals surface area contributed by atoms with Gasteiger partial charge in [-0.2, -0.15) is 0 Å². The van der Waals surface area contributed by atoms with Crippen LogP contribution < -0.4 is 16.0 Å². The monoisotopic (exact) mass is 293 g/mol. The third kappa shape index (κ3) is 4.79. The zero-order chi connectivity index (χ0) is 16.0. The molecule has 4 N–H and O–H groups in total. The van der Waals surface area contributed by atoms with Gasteiger partial charge in [-0.15, -0.1) is 0 Å². The standard InChI is InChI=1S/C14H19N3O4/c1-3-9-4-6-10(7-5-9)17(2)14(21)16-11(13(19)20)8-12(15)18/h4-7,11H,3,8H2,1-2H3,(H2,15,18)(H,16,21)(H,19,20)/t11-/m1/s1. The zero-order valence-corrected chi connectivity index (χ0v) is 12.0. The number of aryl methyl sites for hydroxylation is 1. The smallest absolute Gasteiger partial charge is 0.326 e. The molecule has 0 heterocycles. The SMILES string of the molecule is CCc1ccc(N(C)C(=O)N[C@H](CC(N)=O)C(=O)O)cc1. The molecule has 1 rings (SSSR count). The number of carboxylic acid groups (broad SMARTS) is 1. The molecule has 0 saturated heterocycles. The molecule has 0 fully saturated rings. The van der Waals surface area contributed by atoms with Crippen LogP contribution in [0, 0.1) is 0 Å². The lowest BCUT2D eigenvalue weighted by molar-refractivity contribution is -0.140. The highest BCUT2D eigenvalue weighted by molar-refractivity contribution is 5.95. The van der Waals surface area contributed by atoms with E-state index < -0.39 is 30.4 Å². The molecule has 0 aliphatic heterocycles. The fourth-order valence-electron chi connectivity index (χ4n) is 1.72. The molecule has 1 aromatic rings. The van der Waals surface area contributed by atoms with Crippen molar-refractivity contribution < 1.29 is 19.5 Å². The molecule has 1 atom stereocenters. The highest BCUT2D eigenvalue weighted by Gasteiger charge is 2.24. The predicted molar refractivity (Wildman–Crippen MR) is 78.0 cm³/mol. The average molecular weight is 293 g/mol. The van der Waals surface area contributed by atoms with E-state index in [1.807, 2.05) is 19.1 Å². The van der Waals surface area contributed by atoms with Gasteiger partial charge in [-0.25, -0.2) is 9.59 Å². The molecular weight excluding hydrogens is 274 g/mol. The van der Waals surface area contributed by atoms with Gasteiger partial charge in [0.05, 0.1) is 6.42 Å². The maximum absolute atomic E-state index is 12.0. The number of urea groups is 1. The number of nitrogens with zero attached hydrogens (tertiary/aromatic N) is 1. The molecule has 0 bridgehead atoms. The van der Waals surface area contributed by atoms with E-state index in [-0.39, 0.29) is 0 Å². The number of nitrogens with one attached hydrogen (secondary N) is 1. The molecule has 3 amide bonds. The van der Waals surface area contributed by atoms with Crippen LogP contribution in [0.4, 0.5) is 10.5 Å². The van der Waals surface area contributed by atoms with Crippen molar-refractivity contribution in [3.63, 3.8) is 0 Å². The lowest BCUT2D eigenvalue weighted by Crippen LogP contribution is -2.48. The molecule has 21 heavy (non-hydrogen) atoms. The summed E-state index contributed by atoms with van der Waals surface area (Å²) in [5.74, 6) is -2.10. The van der Waals surface area contributed by atoms with Crippen molar-refractivity contribution in [2.24, 2.45) is 5.73 Å². The van der Waals surface area contributed by atoms with Gasteiger partial charge < -0.3 is 16.2 Å². The Morgan fingerprint density at radius 2 is 1.86 bits per heavy atom. The van der Waals surface area contributed by atoms with Crippen LogP contribution in [0.2, 0.25) is 0 Å². The van der Waals surface area contributed by atoms with Crippen LogP contribution in [-0.2, 0) is 16.0 Å². The number of hydrogen-bond acceptors (Lipinski definition) is 3. The van der Waals surface area contributed by atoms with Gasteiger partial charge in [0, 0.05) is 12.7 Å². The van der Waals surface area contributed by atoms with Gasteiger partial charge in [0.15, 0.2) is 0 Å². The van der Waals surface area contributed by atoms with Crippen molar-refractivity contribution >= 4 is 23.6 Å². The summed E-state index contributed by atoms with van der Waals surface area (Å²) in [6.07, 6.45) is 0.430. The van der Waals surface area contributed by atoms with Gasteiger partial charge in [-0.3, -0.25) is 9.69 Å². The molecule has 7 heteroatoms. The maximum atomic E-state index is 12.0. The summed E-state index contributed by atoms with van der Waals surface area (Å²) in [4.78, 5) is 35.0. The van der Waals surface area contributed by atoms with E-state index in [4.69, 9.17) is 10.8 Å². The number of benzene rings is 1. The normalized spacial score (nSPS) is 11.5. The minimum absolute atomic E-state index is 0.455. The lowest BCUT2D eigenvalue weighted by atomic mass is 10.1. The summed E-state index contributed by atoms with van der Waals surface area (Å²) in [6.45, 7) is 2.02. The molecule has 0 aromatic heterocycles. The van der Waals surface area contributed by atoms with Crippen molar-refractivity contribution in [1.82, 2.24) is 5.32 Å². The molecule has 0 saturated carbocycles. The fraction of sp³-hybridized carbons (Fsp3) is 0.357. The first kappa shape index (κ1) is 16.5. The van der Waals surface area contributed by atoms with Crippen LogP contribution in [-0.4, -0.2) is 36.1 Å². The summed E-state index contributed by atoms with van der Waals surface area (Å²) < 4.78 is 0. The Bertz CT molecular complexity index is 528. The second-order valence-electron chi connectivity index (χ2n) is 4.59. The Labute approximate surface area is 122 Å². The Hall–Kier alpha value is -2.57. The fourth-order valence-corrected chi connectivity index (χ4v) is 1.72. The van der Waals surface area contributed by atoms with Gasteiger partial charge in [-0.05, 0) is 24.1 Å². The maximum Gasteiger partial charge on any atom is 0.326 e. The molecule has 7 nitrogen and oxygen atoms in total. The van der Waals surface area contributed by atoms with Crippen molar-refractivity contribution in [2.75, 3.05) is 11.9 Å². The summed E-state index contributed by atoms with van der Waals surface area (Å²) in [6, 6.07) is 5.35. The summed E-state index contributed by atoms with van der Waals surface area (Å²) >= 11 is 0. The van der Waals surface area contributed by atoms with Gasteiger partial charge in [0.2, 0.25) is 5.91 Å². The number of carbonyl (C=O) groups is 3. The molecule has 1 aromatic carbocycles. The number of hydrogen-bond donors (Lipinski definition) is 3. The molecule has 0 radical (unpaired) electrons. The van der Waals surface area contributed by atoms with Crippen molar-refractivity contribution in [2.45, 2.75) is 25.8 Å². The van der Waals surface area contributed by atoms with E-state index in [0.29, 0.717) is 5.69 Å². The van der Waals surface area contributed by atoms with Gasteiger partial charge in [-0.1, -0.05) is 19.1 Å². The minimum atomic E-state index is -1.34. The number of anilines is 1. The first-order chi connectivity index (χ1) is 9.85. The first-order valence-corrected chi connectivity index (χ1v) is 6.49. The average Bonchev–Trinajstić information content (AvgIpc) is 2.45. The number of nitrogens with two attached hydrogens (primary N) is 1. The highest BCUT2D eigenvalue weighted by Crippen LogP contribution is 2.14. The number of carbonyl (C=O) groups excluding carboxylic acids is 2. The Morgan fingerprint density at radius 1 is 1.29 bits per heavy atom. The molecule has 0 aliphatic carbocycles. The Kier molecular flexibility index (Phi) is 5.71. The molecular formula is C14H19N3O4. The van der Waals surface area contributed by atoms with E-state index in [0.717, 1.165) is 12.0 Å². The second-order valence-corrected chi connectivity index (χ2v) is 4.59. The predicted octanol–water partition coefficient (Wildman–Crippen LogP) is 0.723. The molecule has 0 spiro atoms. The van der Waals surface area contributed by atoms with Crippen molar-refractivity contribution in [1.29, 1.82) is 0 Å². The number of rotatable bonds is 6. The molecule has 0 aliphatic rings. The van der Waals surface area contributed by atoms with E-state index in [1.54, 1.807) is 12.1 Å². The van der Waals surface area contributed by atoms with E-state index >= 15 is 0 Å². The summed E-state index contributed by atoms with van der Waals surface area (Å²) in [5, 5.41) is 11.2. The number of amides is 3. The van der Waals surface area contributed by atoms with Crippen LogP contribution in [0.15, 0.2) is 24.3 Å². The number of carboxylic acids is 1. The van der Waals surface area contributed by atoms with Crippen molar-refractivity contribution in [3.05, 3.63) is 29.8 Å². The third-order valence-corrected chi connectivity index (χ3v) is 3.04. The summed E-state index contributed by atoms with van der Waals surface area (Å²) in [5.41, 5.74) is 6.71. The Morgan fingerprint density at radius 3 is 2.29 bits per heavy atom. The Balaban J connectivity index is 2.76. The van der Waals surface area contributed by atoms with Crippen LogP contribution in [0.25, 0.3) is 0 Å². The van der Waals surface area contributed by atoms with Gasteiger partial charge in [0.25, 0.3) is 0 Å². The zero-order valence-electron chi connectivity index (χ0n) is 12.0. The summed E-state index contributed by atoms with van der Waals surface area (Å²) in [7, 11) is 1.51. The molecule has 0 unspecified atom stereocenters. The minimum Gasteiger partial charge on any atom is -0.480 e. The van der Waals surface area contributed by atoms with Crippen LogP contribution in [0.3, 0.4) is 0 Å². The quantitative estimate of drug-likeness (QED) is 0.717. The number of primary amides is 1. The molecule has 114 valence electrons. The first-order valence-electron chi connectivity index (χ1n) is 6.49. The van der Waals surface area contributed by atoms with Crippen LogP contribution >= 0.6 is 0 Å². The number of aliphatic carboxylic acids is 1. The van der Waals surface area contributed by atoms with Gasteiger partial charge >= 0.3 is 12.0 Å². The van der Waals surface area contributed by atoms with E-state index in [1.165, 1.54) is 11.9 Å². The lowest BCUT2D eigenvalue weighted by Gasteiger charge is -2.21.